The lowest BCUT2D eigenvalue weighted by Crippen LogP contribution is -2.22. The fourth-order valence-corrected chi connectivity index (χ4v) is 3.27. The summed E-state index contributed by atoms with van der Waals surface area (Å²) in [7, 11) is 3.15. The molecule has 0 unspecified atom stereocenters. The van der Waals surface area contributed by atoms with Crippen molar-refractivity contribution in [3.05, 3.63) is 54.9 Å². The number of ether oxygens (including phenoxy) is 2. The number of methoxy groups -OCH3 is 2. The molecule has 0 atom stereocenters. The molecule has 2 heterocycles. The maximum absolute atomic E-state index is 12.3. The monoisotopic (exact) mass is 399 g/mol. The van der Waals surface area contributed by atoms with Crippen LogP contribution in [0.3, 0.4) is 0 Å². The van der Waals surface area contributed by atoms with Gasteiger partial charge in [0.2, 0.25) is 5.91 Å². The molecular formula is C19H21N5O3S. The van der Waals surface area contributed by atoms with Gasteiger partial charge in [-0.3, -0.25) is 14.3 Å². The molecule has 146 valence electrons. The van der Waals surface area contributed by atoms with Crippen molar-refractivity contribution in [3.63, 3.8) is 0 Å². The predicted molar refractivity (Wildman–Crippen MR) is 107 cm³/mol. The number of anilines is 1. The zero-order chi connectivity index (χ0) is 19.8. The van der Waals surface area contributed by atoms with Crippen LogP contribution in [0.15, 0.2) is 60.0 Å². The first-order chi connectivity index (χ1) is 13.7. The Bertz CT molecular complexity index is 885. The van der Waals surface area contributed by atoms with Crippen LogP contribution in [0.2, 0.25) is 0 Å². The van der Waals surface area contributed by atoms with E-state index in [1.54, 1.807) is 26.6 Å². The number of rotatable bonds is 9. The highest BCUT2D eigenvalue weighted by atomic mass is 32.2. The van der Waals surface area contributed by atoms with Crippen LogP contribution in [-0.4, -0.2) is 51.9 Å². The Hall–Kier alpha value is -2.75. The van der Waals surface area contributed by atoms with Crippen molar-refractivity contribution < 1.29 is 14.3 Å². The van der Waals surface area contributed by atoms with Gasteiger partial charge in [-0.2, -0.15) is 0 Å². The second-order valence-corrected chi connectivity index (χ2v) is 6.70. The smallest absolute Gasteiger partial charge is 0.234 e. The number of pyridine rings is 1. The molecular weight excluding hydrogens is 378 g/mol. The second-order valence-electron chi connectivity index (χ2n) is 5.76. The van der Waals surface area contributed by atoms with Crippen LogP contribution in [0, 0.1) is 0 Å². The van der Waals surface area contributed by atoms with Gasteiger partial charge in [0.15, 0.2) is 17.3 Å². The van der Waals surface area contributed by atoms with Crippen LogP contribution in [0.25, 0.3) is 11.4 Å². The fourth-order valence-electron chi connectivity index (χ4n) is 2.52. The number of nitrogens with zero attached hydrogens (tertiary/aromatic N) is 4. The quantitative estimate of drug-likeness (QED) is 0.437. The van der Waals surface area contributed by atoms with Gasteiger partial charge in [-0.05, 0) is 24.3 Å². The van der Waals surface area contributed by atoms with Gasteiger partial charge in [-0.15, -0.1) is 10.2 Å². The van der Waals surface area contributed by atoms with E-state index in [2.05, 4.69) is 20.5 Å². The van der Waals surface area contributed by atoms with Gasteiger partial charge in [0.25, 0.3) is 0 Å². The van der Waals surface area contributed by atoms with E-state index in [-0.39, 0.29) is 11.7 Å². The second kappa shape index (κ2) is 9.98. The molecule has 0 saturated heterocycles. The lowest BCUT2D eigenvalue weighted by atomic mass is 10.2. The summed E-state index contributed by atoms with van der Waals surface area (Å²) in [5, 5.41) is 12.0. The maximum Gasteiger partial charge on any atom is 0.234 e. The van der Waals surface area contributed by atoms with Crippen molar-refractivity contribution in [2.75, 3.05) is 25.3 Å². The zero-order valence-electron chi connectivity index (χ0n) is 15.6. The molecule has 0 radical (unpaired) electrons. The summed E-state index contributed by atoms with van der Waals surface area (Å²) >= 11 is 1.30. The standard InChI is InChI=1S/C19H21N5O3S/c1-26-17(27-2)12-24-18(14-8-10-20-11-9-14)22-23-19(24)28-13-16(25)21-15-6-4-3-5-7-15/h3-11,17H,12-13H2,1-2H3,(H,21,25). The largest absolute Gasteiger partial charge is 0.354 e. The molecule has 2 aromatic heterocycles. The van der Waals surface area contributed by atoms with E-state index in [1.807, 2.05) is 47.0 Å². The third-order valence-electron chi connectivity index (χ3n) is 3.90. The minimum Gasteiger partial charge on any atom is -0.354 e. The first-order valence-electron chi connectivity index (χ1n) is 8.58. The summed E-state index contributed by atoms with van der Waals surface area (Å²) < 4.78 is 12.5. The van der Waals surface area contributed by atoms with E-state index >= 15 is 0 Å². The molecule has 8 nitrogen and oxygen atoms in total. The molecule has 3 rings (SSSR count). The molecule has 1 N–H and O–H groups in total. The van der Waals surface area contributed by atoms with E-state index in [4.69, 9.17) is 9.47 Å². The Kier molecular flexibility index (Phi) is 7.12. The third kappa shape index (κ3) is 5.16. The van der Waals surface area contributed by atoms with E-state index in [1.165, 1.54) is 11.8 Å². The minimum absolute atomic E-state index is 0.119. The summed E-state index contributed by atoms with van der Waals surface area (Å²) in [5.41, 5.74) is 1.62. The van der Waals surface area contributed by atoms with Crippen molar-refractivity contribution in [2.45, 2.75) is 18.0 Å². The highest BCUT2D eigenvalue weighted by Crippen LogP contribution is 2.24. The van der Waals surface area contributed by atoms with Gasteiger partial charge in [0.05, 0.1) is 12.3 Å². The lowest BCUT2D eigenvalue weighted by molar-refractivity contribution is -0.113. The van der Waals surface area contributed by atoms with Gasteiger partial charge in [-0.1, -0.05) is 30.0 Å². The summed E-state index contributed by atoms with van der Waals surface area (Å²) in [5.74, 6) is 0.743. The third-order valence-corrected chi connectivity index (χ3v) is 4.87. The highest BCUT2D eigenvalue weighted by molar-refractivity contribution is 7.99. The number of amides is 1. The number of carbonyl (C=O) groups excluding carboxylic acids is 1. The van der Waals surface area contributed by atoms with E-state index in [9.17, 15) is 4.79 Å². The van der Waals surface area contributed by atoms with Crippen LogP contribution in [0.5, 0.6) is 0 Å². The minimum atomic E-state index is -0.464. The Balaban J connectivity index is 1.76. The summed E-state index contributed by atoms with van der Waals surface area (Å²) in [6.07, 6.45) is 2.92. The van der Waals surface area contributed by atoms with Crippen molar-refractivity contribution in [1.29, 1.82) is 0 Å². The van der Waals surface area contributed by atoms with Crippen molar-refractivity contribution in [2.24, 2.45) is 0 Å². The molecule has 0 bridgehead atoms. The number of benzene rings is 1. The normalized spacial score (nSPS) is 11.0. The number of nitrogens with one attached hydrogen (secondary N) is 1. The molecule has 0 aliphatic carbocycles. The lowest BCUT2D eigenvalue weighted by Gasteiger charge is -2.17. The molecule has 9 heteroatoms. The number of thioether (sulfide) groups is 1. The first kappa shape index (κ1) is 20.0. The van der Waals surface area contributed by atoms with Gasteiger partial charge < -0.3 is 14.8 Å². The fraction of sp³-hybridized carbons (Fsp3) is 0.263. The van der Waals surface area contributed by atoms with Gasteiger partial charge in [0.1, 0.15) is 0 Å². The first-order valence-corrected chi connectivity index (χ1v) is 9.56. The molecule has 0 aliphatic heterocycles. The van der Waals surface area contributed by atoms with Gasteiger partial charge in [-0.25, -0.2) is 0 Å². The number of carbonyl (C=O) groups is 1. The number of hydrogen-bond donors (Lipinski definition) is 1. The number of aromatic nitrogens is 4. The average Bonchev–Trinajstić information content (AvgIpc) is 3.14. The van der Waals surface area contributed by atoms with Crippen LogP contribution in [0.1, 0.15) is 0 Å². The summed E-state index contributed by atoms with van der Waals surface area (Å²) in [6, 6.07) is 13.0. The van der Waals surface area contributed by atoms with Gasteiger partial charge >= 0.3 is 0 Å². The molecule has 0 saturated carbocycles. The molecule has 1 amide bonds. The van der Waals surface area contributed by atoms with Crippen LogP contribution >= 0.6 is 11.8 Å². The highest BCUT2D eigenvalue weighted by Gasteiger charge is 2.19. The maximum atomic E-state index is 12.3. The number of para-hydroxylation sites is 1. The molecule has 3 aromatic rings. The van der Waals surface area contributed by atoms with Crippen molar-refractivity contribution in [3.8, 4) is 11.4 Å². The predicted octanol–water partition coefficient (Wildman–Crippen LogP) is 2.69. The Labute approximate surface area is 167 Å². The topological polar surface area (TPSA) is 91.2 Å². The van der Waals surface area contributed by atoms with E-state index < -0.39 is 6.29 Å². The zero-order valence-corrected chi connectivity index (χ0v) is 16.4. The molecule has 28 heavy (non-hydrogen) atoms. The summed E-state index contributed by atoms with van der Waals surface area (Å²) in [6.45, 7) is 0.389. The Morgan fingerprint density at radius 3 is 2.50 bits per heavy atom. The Morgan fingerprint density at radius 1 is 1.11 bits per heavy atom. The van der Waals surface area contributed by atoms with E-state index in [0.29, 0.717) is 17.5 Å². The van der Waals surface area contributed by atoms with E-state index in [0.717, 1.165) is 11.3 Å². The van der Waals surface area contributed by atoms with Crippen molar-refractivity contribution >= 4 is 23.4 Å². The molecule has 0 fully saturated rings. The van der Waals surface area contributed by atoms with Crippen LogP contribution in [0.4, 0.5) is 5.69 Å². The van der Waals surface area contributed by atoms with Crippen molar-refractivity contribution in [1.82, 2.24) is 19.7 Å². The Morgan fingerprint density at radius 2 is 1.82 bits per heavy atom. The molecule has 0 spiro atoms. The number of hydrogen-bond acceptors (Lipinski definition) is 7. The van der Waals surface area contributed by atoms with Crippen LogP contribution in [-0.2, 0) is 20.8 Å². The molecule has 0 aliphatic rings. The van der Waals surface area contributed by atoms with Crippen LogP contribution < -0.4 is 5.32 Å². The summed E-state index contributed by atoms with van der Waals surface area (Å²) in [4.78, 5) is 16.3. The average molecular weight is 399 g/mol. The molecule has 1 aromatic carbocycles. The van der Waals surface area contributed by atoms with Gasteiger partial charge in [0, 0.05) is 37.9 Å². The SMILES string of the molecule is COC(Cn1c(SCC(=O)Nc2ccccc2)nnc1-c1ccncc1)OC.